The fourth-order valence-electron chi connectivity index (χ4n) is 2.43. The average Bonchev–Trinajstić information content (AvgIpc) is 2.71. The van der Waals surface area contributed by atoms with Gasteiger partial charge in [0.1, 0.15) is 0 Å². The first-order valence-electron chi connectivity index (χ1n) is 6.01. The Bertz CT molecular complexity index is 830. The zero-order chi connectivity index (χ0) is 14.5. The molecular formula is C15H10F3NO. The number of para-hydroxylation sites is 1. The molecule has 0 fully saturated rings. The van der Waals surface area contributed by atoms with Crippen LogP contribution in [0.4, 0.5) is 13.2 Å². The molecule has 3 aromatic rings. The molecule has 0 radical (unpaired) electrons. The summed E-state index contributed by atoms with van der Waals surface area (Å²) in [6.45, 7) is 1.86. The lowest BCUT2D eigenvalue weighted by atomic mass is 10.1. The summed E-state index contributed by atoms with van der Waals surface area (Å²) in [5.74, 6) is -1.87. The summed E-state index contributed by atoms with van der Waals surface area (Å²) in [7, 11) is 0. The van der Waals surface area contributed by atoms with E-state index in [-0.39, 0.29) is 11.0 Å². The Morgan fingerprint density at radius 2 is 1.65 bits per heavy atom. The molecule has 0 aliphatic heterocycles. The van der Waals surface area contributed by atoms with Crippen LogP contribution in [-0.2, 0) is 0 Å². The van der Waals surface area contributed by atoms with E-state index in [1.54, 1.807) is 36.4 Å². The lowest BCUT2D eigenvalue weighted by Crippen LogP contribution is -2.28. The number of aryl methyl sites for hydroxylation is 1. The SMILES string of the molecule is Cc1ccc2c(c1)c1ccccc1n2C(=O)C(F)(F)F. The number of carbonyl (C=O) groups excluding carboxylic acids is 1. The van der Waals surface area contributed by atoms with Crippen molar-refractivity contribution in [3.05, 3.63) is 48.0 Å². The van der Waals surface area contributed by atoms with Crippen LogP contribution in [0, 0.1) is 6.92 Å². The molecule has 0 amide bonds. The maximum Gasteiger partial charge on any atom is 0.472 e. The number of alkyl halides is 3. The van der Waals surface area contributed by atoms with Crippen LogP contribution in [0.3, 0.4) is 0 Å². The van der Waals surface area contributed by atoms with E-state index < -0.39 is 12.1 Å². The first-order chi connectivity index (χ1) is 9.39. The third kappa shape index (κ3) is 1.78. The van der Waals surface area contributed by atoms with E-state index in [0.29, 0.717) is 10.8 Å². The number of hydrogen-bond donors (Lipinski definition) is 0. The number of fused-ring (bicyclic) bond motifs is 3. The molecule has 2 aromatic carbocycles. The Morgan fingerprint density at radius 1 is 1.00 bits per heavy atom. The van der Waals surface area contributed by atoms with Crippen molar-refractivity contribution in [1.82, 2.24) is 4.57 Å². The van der Waals surface area contributed by atoms with Gasteiger partial charge in [-0.15, -0.1) is 0 Å². The van der Waals surface area contributed by atoms with Crippen LogP contribution in [0.1, 0.15) is 10.4 Å². The fourth-order valence-corrected chi connectivity index (χ4v) is 2.43. The second kappa shape index (κ2) is 4.10. The van der Waals surface area contributed by atoms with Crippen molar-refractivity contribution >= 4 is 27.7 Å². The maximum absolute atomic E-state index is 12.8. The predicted molar refractivity (Wildman–Crippen MR) is 70.9 cm³/mol. The Kier molecular flexibility index (Phi) is 2.61. The summed E-state index contributed by atoms with van der Waals surface area (Å²) in [6.07, 6.45) is -4.90. The minimum atomic E-state index is -4.90. The summed E-state index contributed by atoms with van der Waals surface area (Å²) in [6, 6.07) is 11.6. The van der Waals surface area contributed by atoms with Gasteiger partial charge in [0.2, 0.25) is 0 Å². The van der Waals surface area contributed by atoms with Crippen molar-refractivity contribution in [3.63, 3.8) is 0 Å². The van der Waals surface area contributed by atoms with Crippen molar-refractivity contribution in [1.29, 1.82) is 0 Å². The van der Waals surface area contributed by atoms with Gasteiger partial charge in [-0.3, -0.25) is 9.36 Å². The molecule has 0 N–H and O–H groups in total. The van der Waals surface area contributed by atoms with Gasteiger partial charge < -0.3 is 0 Å². The van der Waals surface area contributed by atoms with Gasteiger partial charge in [-0.05, 0) is 25.1 Å². The van der Waals surface area contributed by atoms with E-state index in [4.69, 9.17) is 0 Å². The second-order valence-corrected chi connectivity index (χ2v) is 4.68. The molecule has 5 heteroatoms. The van der Waals surface area contributed by atoms with Crippen LogP contribution < -0.4 is 0 Å². The summed E-state index contributed by atoms with van der Waals surface area (Å²) < 4.78 is 39.1. The van der Waals surface area contributed by atoms with Gasteiger partial charge >= 0.3 is 12.1 Å². The molecule has 0 bridgehead atoms. The molecule has 102 valence electrons. The van der Waals surface area contributed by atoms with E-state index in [1.165, 1.54) is 6.07 Å². The van der Waals surface area contributed by atoms with E-state index in [0.717, 1.165) is 10.1 Å². The molecule has 20 heavy (non-hydrogen) atoms. The normalized spacial score (nSPS) is 12.2. The van der Waals surface area contributed by atoms with Crippen molar-refractivity contribution in [3.8, 4) is 0 Å². The molecule has 0 saturated carbocycles. The minimum absolute atomic E-state index is 0.274. The highest BCUT2D eigenvalue weighted by Gasteiger charge is 2.41. The highest BCUT2D eigenvalue weighted by atomic mass is 19.4. The highest BCUT2D eigenvalue weighted by Crippen LogP contribution is 2.32. The van der Waals surface area contributed by atoms with Gasteiger partial charge in [0.15, 0.2) is 0 Å². The summed E-state index contributed by atoms with van der Waals surface area (Å²) in [5.41, 5.74) is 1.48. The highest BCUT2D eigenvalue weighted by molar-refractivity contribution is 6.14. The summed E-state index contributed by atoms with van der Waals surface area (Å²) in [5, 5.41) is 1.29. The zero-order valence-corrected chi connectivity index (χ0v) is 10.5. The third-order valence-electron chi connectivity index (χ3n) is 3.27. The van der Waals surface area contributed by atoms with Crippen LogP contribution in [0.5, 0.6) is 0 Å². The largest absolute Gasteiger partial charge is 0.472 e. The van der Waals surface area contributed by atoms with Crippen LogP contribution in [-0.4, -0.2) is 16.7 Å². The van der Waals surface area contributed by atoms with E-state index in [9.17, 15) is 18.0 Å². The predicted octanol–water partition coefficient (Wildman–Crippen LogP) is 4.31. The Morgan fingerprint density at radius 3 is 2.35 bits per heavy atom. The molecule has 0 spiro atoms. The van der Waals surface area contributed by atoms with Crippen LogP contribution in [0.15, 0.2) is 42.5 Å². The van der Waals surface area contributed by atoms with Crippen molar-refractivity contribution in [2.75, 3.05) is 0 Å². The number of halogens is 3. The first-order valence-corrected chi connectivity index (χ1v) is 6.01. The smallest absolute Gasteiger partial charge is 0.272 e. The molecule has 0 unspecified atom stereocenters. The van der Waals surface area contributed by atoms with E-state index >= 15 is 0 Å². The molecule has 2 nitrogen and oxygen atoms in total. The Labute approximate surface area is 112 Å². The number of carbonyl (C=O) groups is 1. The monoisotopic (exact) mass is 277 g/mol. The molecule has 3 rings (SSSR count). The van der Waals surface area contributed by atoms with Gasteiger partial charge in [0.25, 0.3) is 0 Å². The molecule has 1 aromatic heterocycles. The molecule has 1 heterocycles. The number of aromatic nitrogens is 1. The lowest BCUT2D eigenvalue weighted by molar-refractivity contribution is -0.0939. The molecule has 0 saturated heterocycles. The van der Waals surface area contributed by atoms with Crippen LogP contribution in [0.25, 0.3) is 21.8 Å². The third-order valence-corrected chi connectivity index (χ3v) is 3.27. The van der Waals surface area contributed by atoms with Gasteiger partial charge in [-0.2, -0.15) is 13.2 Å². The molecule has 0 aliphatic carbocycles. The van der Waals surface area contributed by atoms with E-state index in [1.807, 2.05) is 6.92 Å². The minimum Gasteiger partial charge on any atom is -0.272 e. The molecular weight excluding hydrogens is 267 g/mol. The van der Waals surface area contributed by atoms with Gasteiger partial charge in [-0.1, -0.05) is 29.8 Å². The standard InChI is InChI=1S/C15H10F3NO/c1-9-6-7-13-11(8-9)10-4-2-3-5-12(10)19(13)14(20)15(16,17)18/h2-8H,1H3. The summed E-state index contributed by atoms with van der Waals surface area (Å²) in [4.78, 5) is 11.7. The second-order valence-electron chi connectivity index (χ2n) is 4.68. The average molecular weight is 277 g/mol. The lowest BCUT2D eigenvalue weighted by Gasteiger charge is -2.08. The van der Waals surface area contributed by atoms with Crippen molar-refractivity contribution in [2.45, 2.75) is 13.1 Å². The molecule has 0 aliphatic rings. The quantitative estimate of drug-likeness (QED) is 0.600. The van der Waals surface area contributed by atoms with Gasteiger partial charge in [0.05, 0.1) is 11.0 Å². The topological polar surface area (TPSA) is 22.0 Å². The first kappa shape index (κ1) is 12.7. The Hall–Kier alpha value is -2.30. The molecule has 0 atom stereocenters. The zero-order valence-electron chi connectivity index (χ0n) is 10.5. The number of benzene rings is 2. The fraction of sp³-hybridized carbons (Fsp3) is 0.133. The van der Waals surface area contributed by atoms with Gasteiger partial charge in [0, 0.05) is 10.8 Å². The Balaban J connectivity index is 2.48. The van der Waals surface area contributed by atoms with Crippen molar-refractivity contribution in [2.24, 2.45) is 0 Å². The van der Waals surface area contributed by atoms with E-state index in [2.05, 4.69) is 0 Å². The van der Waals surface area contributed by atoms with Gasteiger partial charge in [-0.25, -0.2) is 0 Å². The van der Waals surface area contributed by atoms with Crippen molar-refractivity contribution < 1.29 is 18.0 Å². The number of nitrogens with zero attached hydrogens (tertiary/aromatic N) is 1. The summed E-state index contributed by atoms with van der Waals surface area (Å²) >= 11 is 0. The number of hydrogen-bond acceptors (Lipinski definition) is 1. The number of rotatable bonds is 0. The maximum atomic E-state index is 12.8. The van der Waals surface area contributed by atoms with Crippen LogP contribution in [0.2, 0.25) is 0 Å². The van der Waals surface area contributed by atoms with Crippen LogP contribution >= 0.6 is 0 Å².